The average Bonchev–Trinajstić information content (AvgIpc) is 2.72. The van der Waals surface area contributed by atoms with E-state index < -0.39 is 0 Å². The van der Waals surface area contributed by atoms with Gasteiger partial charge in [-0.3, -0.25) is 4.79 Å². The molecule has 0 spiro atoms. The minimum Gasteiger partial charge on any atom is -0.352 e. The molecular weight excluding hydrogens is 308 g/mol. The summed E-state index contributed by atoms with van der Waals surface area (Å²) in [4.78, 5) is 12.7. The Labute approximate surface area is 143 Å². The maximum absolute atomic E-state index is 12.7. The lowest BCUT2D eigenvalue weighted by molar-refractivity contribution is 0.0947. The monoisotopic (exact) mass is 332 g/mol. The van der Waals surface area contributed by atoms with Crippen LogP contribution < -0.4 is 5.32 Å². The van der Waals surface area contributed by atoms with Gasteiger partial charge < -0.3 is 9.88 Å². The van der Waals surface area contributed by atoms with Gasteiger partial charge in [-0.15, -0.1) is 0 Å². The van der Waals surface area contributed by atoms with Crippen LogP contribution in [-0.4, -0.2) is 17.0 Å². The first kappa shape index (κ1) is 16.4. The first-order valence-electron chi connectivity index (χ1n) is 8.75. The van der Waals surface area contributed by atoms with E-state index in [1.165, 1.54) is 38.5 Å². The van der Waals surface area contributed by atoms with E-state index >= 15 is 0 Å². The second-order valence-corrected chi connectivity index (χ2v) is 6.99. The molecular formula is C19H25ClN2O. The Morgan fingerprint density at radius 2 is 2.00 bits per heavy atom. The van der Waals surface area contributed by atoms with Gasteiger partial charge in [0.25, 0.3) is 5.91 Å². The van der Waals surface area contributed by atoms with E-state index in [0.29, 0.717) is 10.9 Å². The smallest absolute Gasteiger partial charge is 0.253 e. The summed E-state index contributed by atoms with van der Waals surface area (Å²) < 4.78 is 2.10. The van der Waals surface area contributed by atoms with Crippen LogP contribution in [0.3, 0.4) is 0 Å². The Bertz CT molecular complexity index is 684. The van der Waals surface area contributed by atoms with Crippen LogP contribution in [0.25, 0.3) is 10.9 Å². The number of aryl methyl sites for hydroxylation is 1. The van der Waals surface area contributed by atoms with Crippen molar-refractivity contribution in [2.24, 2.45) is 5.92 Å². The van der Waals surface area contributed by atoms with Gasteiger partial charge in [0.15, 0.2) is 0 Å². The van der Waals surface area contributed by atoms with E-state index in [-0.39, 0.29) is 5.91 Å². The van der Waals surface area contributed by atoms with E-state index in [9.17, 15) is 4.79 Å². The standard InChI is InChI=1S/C19H25ClN2O/c1-2-22-13-17(16-11-15(20)9-10-18(16)22)19(23)21-12-14-7-5-3-4-6-8-14/h9-11,13-14H,2-8,12H2,1H3,(H,21,23). The third kappa shape index (κ3) is 3.72. The molecule has 1 N–H and O–H groups in total. The quantitative estimate of drug-likeness (QED) is 0.784. The molecule has 1 fully saturated rings. The highest BCUT2D eigenvalue weighted by atomic mass is 35.5. The van der Waals surface area contributed by atoms with Crippen LogP contribution in [0, 0.1) is 5.92 Å². The fourth-order valence-electron chi connectivity index (χ4n) is 3.61. The van der Waals surface area contributed by atoms with Gasteiger partial charge in [0.1, 0.15) is 0 Å². The Morgan fingerprint density at radius 3 is 2.70 bits per heavy atom. The van der Waals surface area contributed by atoms with Crippen molar-refractivity contribution in [3.8, 4) is 0 Å². The number of hydrogen-bond donors (Lipinski definition) is 1. The number of carbonyl (C=O) groups is 1. The average molecular weight is 333 g/mol. The predicted molar refractivity (Wildman–Crippen MR) is 96.1 cm³/mol. The van der Waals surface area contributed by atoms with Crippen LogP contribution in [0.5, 0.6) is 0 Å². The fraction of sp³-hybridized carbons (Fsp3) is 0.526. The first-order chi connectivity index (χ1) is 11.2. The second kappa shape index (κ2) is 7.39. The molecule has 0 bridgehead atoms. The van der Waals surface area contributed by atoms with Gasteiger partial charge in [-0.05, 0) is 43.9 Å². The van der Waals surface area contributed by atoms with Gasteiger partial charge in [0.05, 0.1) is 5.56 Å². The molecule has 1 heterocycles. The van der Waals surface area contributed by atoms with E-state index in [1.54, 1.807) is 0 Å². The number of amides is 1. The molecule has 1 aliphatic carbocycles. The van der Waals surface area contributed by atoms with Crippen molar-refractivity contribution in [2.75, 3.05) is 6.54 Å². The summed E-state index contributed by atoms with van der Waals surface area (Å²) in [7, 11) is 0. The largest absolute Gasteiger partial charge is 0.352 e. The summed E-state index contributed by atoms with van der Waals surface area (Å²) in [6, 6.07) is 5.76. The molecule has 1 aromatic heterocycles. The van der Waals surface area contributed by atoms with E-state index in [1.807, 2.05) is 24.4 Å². The van der Waals surface area contributed by atoms with Crippen molar-refractivity contribution in [3.05, 3.63) is 35.0 Å². The number of nitrogens with zero attached hydrogens (tertiary/aromatic N) is 1. The lowest BCUT2D eigenvalue weighted by Crippen LogP contribution is -2.29. The van der Waals surface area contributed by atoms with Crippen molar-refractivity contribution in [1.29, 1.82) is 0 Å². The summed E-state index contributed by atoms with van der Waals surface area (Å²) in [6.07, 6.45) is 9.70. The highest BCUT2D eigenvalue weighted by Gasteiger charge is 2.17. The van der Waals surface area contributed by atoms with Crippen molar-refractivity contribution >= 4 is 28.4 Å². The number of nitrogens with one attached hydrogen (secondary N) is 1. The summed E-state index contributed by atoms with van der Waals surface area (Å²) >= 11 is 6.12. The molecule has 0 saturated heterocycles. The topological polar surface area (TPSA) is 34.0 Å². The normalized spacial score (nSPS) is 16.4. The van der Waals surface area contributed by atoms with Crippen LogP contribution in [-0.2, 0) is 6.54 Å². The Hall–Kier alpha value is -1.48. The molecule has 3 rings (SSSR count). The highest BCUT2D eigenvalue weighted by molar-refractivity contribution is 6.31. The number of hydrogen-bond acceptors (Lipinski definition) is 1. The second-order valence-electron chi connectivity index (χ2n) is 6.56. The van der Waals surface area contributed by atoms with Crippen LogP contribution in [0.1, 0.15) is 55.8 Å². The summed E-state index contributed by atoms with van der Waals surface area (Å²) in [5, 5.41) is 4.76. The van der Waals surface area contributed by atoms with Crippen LogP contribution >= 0.6 is 11.6 Å². The molecule has 1 amide bonds. The van der Waals surface area contributed by atoms with Gasteiger partial charge in [-0.1, -0.05) is 37.3 Å². The van der Waals surface area contributed by atoms with Crippen molar-refractivity contribution in [3.63, 3.8) is 0 Å². The Balaban J connectivity index is 1.76. The molecule has 1 aromatic carbocycles. The lowest BCUT2D eigenvalue weighted by atomic mass is 10.0. The van der Waals surface area contributed by atoms with Crippen molar-refractivity contribution in [1.82, 2.24) is 9.88 Å². The molecule has 1 aliphatic rings. The zero-order valence-corrected chi connectivity index (χ0v) is 14.5. The predicted octanol–water partition coefficient (Wildman–Crippen LogP) is 5.01. The molecule has 1 saturated carbocycles. The molecule has 2 aromatic rings. The zero-order valence-electron chi connectivity index (χ0n) is 13.8. The number of fused-ring (bicyclic) bond motifs is 1. The minimum absolute atomic E-state index is 0.0220. The summed E-state index contributed by atoms with van der Waals surface area (Å²) in [6.45, 7) is 3.72. The third-order valence-electron chi connectivity index (χ3n) is 4.95. The van der Waals surface area contributed by atoms with E-state index in [4.69, 9.17) is 11.6 Å². The van der Waals surface area contributed by atoms with E-state index in [2.05, 4.69) is 16.8 Å². The summed E-state index contributed by atoms with van der Waals surface area (Å²) in [5.41, 5.74) is 1.80. The first-order valence-corrected chi connectivity index (χ1v) is 9.13. The van der Waals surface area contributed by atoms with Crippen molar-refractivity contribution < 1.29 is 4.79 Å². The Kier molecular flexibility index (Phi) is 5.27. The van der Waals surface area contributed by atoms with Crippen LogP contribution in [0.2, 0.25) is 5.02 Å². The van der Waals surface area contributed by atoms with Gasteiger partial charge in [0, 0.05) is 35.2 Å². The molecule has 0 atom stereocenters. The maximum atomic E-state index is 12.7. The molecule has 0 aliphatic heterocycles. The van der Waals surface area contributed by atoms with E-state index in [0.717, 1.165) is 29.6 Å². The number of carbonyl (C=O) groups excluding carboxylic acids is 1. The SMILES string of the molecule is CCn1cc(C(=O)NCC2CCCCCC2)c2cc(Cl)ccc21. The van der Waals surface area contributed by atoms with Gasteiger partial charge >= 0.3 is 0 Å². The molecule has 0 radical (unpaired) electrons. The fourth-order valence-corrected chi connectivity index (χ4v) is 3.78. The summed E-state index contributed by atoms with van der Waals surface area (Å²) in [5.74, 6) is 0.651. The van der Waals surface area contributed by atoms with Crippen LogP contribution in [0.15, 0.2) is 24.4 Å². The van der Waals surface area contributed by atoms with Gasteiger partial charge in [0.2, 0.25) is 0 Å². The number of benzene rings is 1. The minimum atomic E-state index is 0.0220. The van der Waals surface area contributed by atoms with Crippen molar-refractivity contribution in [2.45, 2.75) is 52.0 Å². The zero-order chi connectivity index (χ0) is 16.2. The molecule has 3 nitrogen and oxygen atoms in total. The third-order valence-corrected chi connectivity index (χ3v) is 5.19. The molecule has 0 unspecified atom stereocenters. The maximum Gasteiger partial charge on any atom is 0.253 e. The number of rotatable bonds is 4. The van der Waals surface area contributed by atoms with Crippen LogP contribution in [0.4, 0.5) is 0 Å². The van der Waals surface area contributed by atoms with Gasteiger partial charge in [-0.25, -0.2) is 0 Å². The molecule has 4 heteroatoms. The Morgan fingerprint density at radius 1 is 1.26 bits per heavy atom. The lowest BCUT2D eigenvalue weighted by Gasteiger charge is -2.14. The highest BCUT2D eigenvalue weighted by Crippen LogP contribution is 2.26. The van der Waals surface area contributed by atoms with Gasteiger partial charge in [-0.2, -0.15) is 0 Å². The molecule has 23 heavy (non-hydrogen) atoms. The number of halogens is 1. The molecule has 124 valence electrons. The number of aromatic nitrogens is 1.